The van der Waals surface area contributed by atoms with E-state index in [1.54, 1.807) is 12.3 Å². The highest BCUT2D eigenvalue weighted by Gasteiger charge is 2.54. The molecule has 5 rings (SSSR count). The van der Waals surface area contributed by atoms with Crippen LogP contribution < -0.4 is 4.90 Å². The zero-order valence-electron chi connectivity index (χ0n) is 15.0. The first kappa shape index (κ1) is 16.3. The third-order valence-electron chi connectivity index (χ3n) is 5.86. The Morgan fingerprint density at radius 1 is 1.11 bits per heavy atom. The Labute approximate surface area is 156 Å². The second-order valence-corrected chi connectivity index (χ2v) is 7.44. The Kier molecular flexibility index (Phi) is 3.67. The predicted octanol–water partition coefficient (Wildman–Crippen LogP) is 3.08. The Morgan fingerprint density at radius 3 is 2.63 bits per heavy atom. The van der Waals surface area contributed by atoms with Gasteiger partial charge in [-0.1, -0.05) is 6.07 Å². The molecule has 138 valence electrons. The Bertz CT molecular complexity index is 988. The number of carbonyl (C=O) groups is 1. The zero-order valence-corrected chi connectivity index (χ0v) is 15.0. The van der Waals surface area contributed by atoms with Crippen molar-refractivity contribution in [1.82, 2.24) is 14.9 Å². The summed E-state index contributed by atoms with van der Waals surface area (Å²) in [6.07, 6.45) is 5.40. The number of aromatic amines is 1. The van der Waals surface area contributed by atoms with Gasteiger partial charge in [0.25, 0.3) is 0 Å². The third-order valence-corrected chi connectivity index (χ3v) is 5.86. The largest absolute Gasteiger partial charge is 0.361 e. The van der Waals surface area contributed by atoms with Gasteiger partial charge < -0.3 is 14.8 Å². The zero-order chi connectivity index (χ0) is 18.4. The van der Waals surface area contributed by atoms with Crippen LogP contribution in [0.1, 0.15) is 18.4 Å². The molecule has 2 aliphatic rings. The summed E-state index contributed by atoms with van der Waals surface area (Å²) >= 11 is 0. The highest BCUT2D eigenvalue weighted by Crippen LogP contribution is 2.51. The van der Waals surface area contributed by atoms with E-state index in [0.29, 0.717) is 13.1 Å². The molecule has 2 aromatic heterocycles. The standard InChI is InChI=1S/C21H21FN4O/c22-15-4-5-16-17(14-24-18(16)13-15)21(6-7-21)20(27)26-11-9-25(10-12-26)19-3-1-2-8-23-19/h1-5,8,13-14,24H,6-7,9-12H2. The normalized spacial score (nSPS) is 18.7. The van der Waals surface area contributed by atoms with E-state index in [0.717, 1.165) is 48.2 Å². The topological polar surface area (TPSA) is 52.2 Å². The highest BCUT2D eigenvalue weighted by atomic mass is 19.1. The predicted molar refractivity (Wildman–Crippen MR) is 102 cm³/mol. The van der Waals surface area contributed by atoms with Crippen LogP contribution in [0.4, 0.5) is 10.2 Å². The summed E-state index contributed by atoms with van der Waals surface area (Å²) in [6, 6.07) is 10.6. The number of pyridine rings is 1. The fraction of sp³-hybridized carbons (Fsp3) is 0.333. The number of H-pyrrole nitrogens is 1. The second kappa shape index (κ2) is 6.08. The van der Waals surface area contributed by atoms with Gasteiger partial charge in [0.05, 0.1) is 5.41 Å². The minimum atomic E-state index is -0.441. The van der Waals surface area contributed by atoms with Crippen LogP contribution in [0.5, 0.6) is 0 Å². The number of hydrogen-bond donors (Lipinski definition) is 1. The van der Waals surface area contributed by atoms with Gasteiger partial charge in [-0.05, 0) is 48.7 Å². The first-order valence-corrected chi connectivity index (χ1v) is 9.40. The van der Waals surface area contributed by atoms with Gasteiger partial charge >= 0.3 is 0 Å². The van der Waals surface area contributed by atoms with E-state index in [-0.39, 0.29) is 11.7 Å². The van der Waals surface area contributed by atoms with Crippen LogP contribution >= 0.6 is 0 Å². The molecule has 6 heteroatoms. The summed E-state index contributed by atoms with van der Waals surface area (Å²) in [5.41, 5.74) is 1.32. The third kappa shape index (κ3) is 2.67. The van der Waals surface area contributed by atoms with Crippen LogP contribution in [0.15, 0.2) is 48.8 Å². The summed E-state index contributed by atoms with van der Waals surface area (Å²) in [5, 5.41) is 0.953. The molecule has 3 heterocycles. The van der Waals surface area contributed by atoms with E-state index in [4.69, 9.17) is 0 Å². The number of fused-ring (bicyclic) bond motifs is 1. The lowest BCUT2D eigenvalue weighted by Gasteiger charge is -2.37. The molecule has 5 nitrogen and oxygen atoms in total. The smallest absolute Gasteiger partial charge is 0.233 e. The maximum absolute atomic E-state index is 13.5. The summed E-state index contributed by atoms with van der Waals surface area (Å²) < 4.78 is 13.5. The molecule has 27 heavy (non-hydrogen) atoms. The van der Waals surface area contributed by atoms with Crippen molar-refractivity contribution in [3.63, 3.8) is 0 Å². The molecular weight excluding hydrogens is 343 g/mol. The van der Waals surface area contributed by atoms with Crippen LogP contribution in [-0.2, 0) is 10.2 Å². The van der Waals surface area contributed by atoms with Crippen LogP contribution in [0.3, 0.4) is 0 Å². The van der Waals surface area contributed by atoms with E-state index in [1.165, 1.54) is 12.1 Å². The Morgan fingerprint density at radius 2 is 1.93 bits per heavy atom. The number of rotatable bonds is 3. The summed E-state index contributed by atoms with van der Waals surface area (Å²) in [7, 11) is 0. The van der Waals surface area contributed by atoms with E-state index in [9.17, 15) is 9.18 Å². The van der Waals surface area contributed by atoms with Crippen molar-refractivity contribution in [1.29, 1.82) is 0 Å². The molecule has 2 fully saturated rings. The van der Waals surface area contributed by atoms with Crippen molar-refractivity contribution < 1.29 is 9.18 Å². The van der Waals surface area contributed by atoms with E-state index in [1.807, 2.05) is 29.3 Å². The maximum atomic E-state index is 13.5. The minimum absolute atomic E-state index is 0.202. The van der Waals surface area contributed by atoms with Crippen LogP contribution in [-0.4, -0.2) is 47.0 Å². The van der Waals surface area contributed by atoms with Crippen molar-refractivity contribution in [3.8, 4) is 0 Å². The summed E-state index contributed by atoms with van der Waals surface area (Å²) in [4.78, 5) is 25.1. The molecule has 0 atom stereocenters. The molecule has 0 radical (unpaired) electrons. The summed E-state index contributed by atoms with van der Waals surface area (Å²) in [6.45, 7) is 2.98. The van der Waals surface area contributed by atoms with Gasteiger partial charge in [-0.3, -0.25) is 4.79 Å². The number of carbonyl (C=O) groups excluding carboxylic acids is 1. The minimum Gasteiger partial charge on any atom is -0.361 e. The molecule has 1 aliphatic carbocycles. The second-order valence-electron chi connectivity index (χ2n) is 7.44. The van der Waals surface area contributed by atoms with Gasteiger partial charge in [-0.2, -0.15) is 0 Å². The number of hydrogen-bond acceptors (Lipinski definition) is 3. The molecule has 3 aromatic rings. The average molecular weight is 364 g/mol. The van der Waals surface area contributed by atoms with Gasteiger partial charge in [-0.25, -0.2) is 9.37 Å². The number of aromatic nitrogens is 2. The van der Waals surface area contributed by atoms with Crippen molar-refractivity contribution in [3.05, 3.63) is 60.2 Å². The molecule has 0 bridgehead atoms. The van der Waals surface area contributed by atoms with Crippen molar-refractivity contribution in [2.45, 2.75) is 18.3 Å². The Balaban J connectivity index is 1.35. The van der Waals surface area contributed by atoms with Crippen LogP contribution in [0, 0.1) is 5.82 Å². The van der Waals surface area contributed by atoms with Gasteiger partial charge in [-0.15, -0.1) is 0 Å². The molecule has 1 aliphatic heterocycles. The Hall–Kier alpha value is -2.89. The van der Waals surface area contributed by atoms with Crippen LogP contribution in [0.25, 0.3) is 10.9 Å². The molecule has 0 unspecified atom stereocenters. The van der Waals surface area contributed by atoms with Gasteiger partial charge in [0.15, 0.2) is 0 Å². The summed E-state index contributed by atoms with van der Waals surface area (Å²) in [5.74, 6) is 0.899. The monoisotopic (exact) mass is 364 g/mol. The van der Waals surface area contributed by atoms with Crippen molar-refractivity contribution >= 4 is 22.6 Å². The molecular formula is C21H21FN4O. The first-order chi connectivity index (χ1) is 13.2. The SMILES string of the molecule is O=C(N1CCN(c2ccccn2)CC1)C1(c2c[nH]c3cc(F)ccc23)CC1. The van der Waals surface area contributed by atoms with Gasteiger partial charge in [0, 0.05) is 49.5 Å². The highest BCUT2D eigenvalue weighted by molar-refractivity contribution is 5.97. The fourth-order valence-electron chi connectivity index (χ4n) is 4.20. The quantitative estimate of drug-likeness (QED) is 0.777. The first-order valence-electron chi connectivity index (χ1n) is 9.40. The lowest BCUT2D eigenvalue weighted by molar-refractivity contribution is -0.134. The average Bonchev–Trinajstić information content (AvgIpc) is 3.41. The van der Waals surface area contributed by atoms with Gasteiger partial charge in [0.1, 0.15) is 11.6 Å². The molecule has 1 saturated carbocycles. The molecule has 0 spiro atoms. The molecule has 1 amide bonds. The van der Waals surface area contributed by atoms with E-state index >= 15 is 0 Å². The van der Waals surface area contributed by atoms with E-state index in [2.05, 4.69) is 14.9 Å². The van der Waals surface area contributed by atoms with Crippen molar-refractivity contribution in [2.75, 3.05) is 31.1 Å². The van der Waals surface area contributed by atoms with Crippen LogP contribution in [0.2, 0.25) is 0 Å². The number of anilines is 1. The molecule has 1 saturated heterocycles. The number of nitrogens with one attached hydrogen (secondary N) is 1. The number of amides is 1. The number of halogens is 1. The molecule has 1 N–H and O–H groups in total. The lowest BCUT2D eigenvalue weighted by atomic mass is 9.93. The van der Waals surface area contributed by atoms with Gasteiger partial charge in [0.2, 0.25) is 5.91 Å². The van der Waals surface area contributed by atoms with Crippen molar-refractivity contribution in [2.24, 2.45) is 0 Å². The lowest BCUT2D eigenvalue weighted by Crippen LogP contribution is -2.51. The number of piperazine rings is 1. The molecule has 1 aromatic carbocycles. The number of benzene rings is 1. The van der Waals surface area contributed by atoms with E-state index < -0.39 is 5.41 Å². The number of nitrogens with zero attached hydrogens (tertiary/aromatic N) is 3. The fourth-order valence-corrected chi connectivity index (χ4v) is 4.20. The maximum Gasteiger partial charge on any atom is 0.233 e.